The molecule has 0 bridgehead atoms. The first-order valence-corrected chi connectivity index (χ1v) is 5.14. The molecule has 2 aliphatic heterocycles. The van der Waals surface area contributed by atoms with Crippen molar-refractivity contribution in [2.24, 2.45) is 11.8 Å². The van der Waals surface area contributed by atoms with Crippen molar-refractivity contribution in [1.29, 1.82) is 0 Å². The molecule has 3 heteroatoms. The molecule has 0 aromatic rings. The van der Waals surface area contributed by atoms with Gasteiger partial charge in [-0.2, -0.15) is 0 Å². The van der Waals surface area contributed by atoms with Crippen molar-refractivity contribution in [3.8, 4) is 0 Å². The Morgan fingerprint density at radius 2 is 1.92 bits per heavy atom. The van der Waals surface area contributed by atoms with E-state index in [2.05, 4.69) is 6.92 Å². The zero-order valence-electron chi connectivity index (χ0n) is 8.16. The number of hydrogen-bond acceptors (Lipinski definition) is 2. The zero-order chi connectivity index (χ0) is 9.26. The molecule has 13 heavy (non-hydrogen) atoms. The Bertz CT molecular complexity index is 193. The fraction of sp³-hybridized carbons (Fsp3) is 0.900. The fourth-order valence-electron chi connectivity index (χ4n) is 1.87. The number of hydrogen-bond donors (Lipinski definition) is 0. The van der Waals surface area contributed by atoms with Crippen molar-refractivity contribution in [2.75, 3.05) is 26.3 Å². The molecule has 2 aliphatic rings. The highest BCUT2D eigenvalue weighted by Gasteiger charge is 2.31. The molecule has 74 valence electrons. The summed E-state index contributed by atoms with van der Waals surface area (Å²) in [5.74, 6) is 1.29. The second kappa shape index (κ2) is 3.66. The lowest BCUT2D eigenvalue weighted by Crippen LogP contribution is -2.47. The zero-order valence-corrected chi connectivity index (χ0v) is 8.16. The molecule has 2 saturated heterocycles. The van der Waals surface area contributed by atoms with Crippen LogP contribution in [0.15, 0.2) is 0 Å². The second-order valence-electron chi connectivity index (χ2n) is 4.24. The Hall–Kier alpha value is -0.570. The lowest BCUT2D eigenvalue weighted by atomic mass is 9.97. The molecular formula is C10H17NO2. The van der Waals surface area contributed by atoms with E-state index < -0.39 is 0 Å². The van der Waals surface area contributed by atoms with Crippen molar-refractivity contribution in [1.82, 2.24) is 4.90 Å². The van der Waals surface area contributed by atoms with Crippen LogP contribution in [0, 0.1) is 11.8 Å². The molecule has 0 spiro atoms. The van der Waals surface area contributed by atoms with Gasteiger partial charge in [-0.05, 0) is 18.8 Å². The van der Waals surface area contributed by atoms with E-state index in [1.54, 1.807) is 0 Å². The molecule has 0 aromatic carbocycles. The summed E-state index contributed by atoms with van der Waals surface area (Å²) in [6.07, 6.45) is 2.33. The maximum absolute atomic E-state index is 11.7. The number of likely N-dealkylation sites (tertiary alicyclic amines) is 1. The number of carbonyl (C=O) groups is 1. The molecule has 0 radical (unpaired) electrons. The molecule has 0 aliphatic carbocycles. The van der Waals surface area contributed by atoms with Crippen molar-refractivity contribution >= 4 is 5.91 Å². The SMILES string of the molecule is CC1CCN(C(=O)C2COC2)CC1. The third kappa shape index (κ3) is 1.85. The van der Waals surface area contributed by atoms with Crippen LogP contribution < -0.4 is 0 Å². The number of piperidine rings is 1. The molecule has 0 atom stereocenters. The van der Waals surface area contributed by atoms with Gasteiger partial charge in [-0.1, -0.05) is 6.92 Å². The van der Waals surface area contributed by atoms with Gasteiger partial charge in [0.15, 0.2) is 0 Å². The molecule has 0 aromatic heterocycles. The Morgan fingerprint density at radius 1 is 1.31 bits per heavy atom. The van der Waals surface area contributed by atoms with Gasteiger partial charge in [0.25, 0.3) is 0 Å². The van der Waals surface area contributed by atoms with Crippen molar-refractivity contribution in [3.63, 3.8) is 0 Å². The first-order chi connectivity index (χ1) is 6.27. The first kappa shape index (κ1) is 9.00. The van der Waals surface area contributed by atoms with E-state index in [0.29, 0.717) is 19.1 Å². The van der Waals surface area contributed by atoms with E-state index in [1.807, 2.05) is 4.90 Å². The van der Waals surface area contributed by atoms with Gasteiger partial charge in [-0.15, -0.1) is 0 Å². The summed E-state index contributed by atoms with van der Waals surface area (Å²) in [5.41, 5.74) is 0. The predicted octanol–water partition coefficient (Wildman–Crippen LogP) is 0.891. The van der Waals surface area contributed by atoms with Crippen LogP contribution in [0.3, 0.4) is 0 Å². The van der Waals surface area contributed by atoms with Crippen LogP contribution >= 0.6 is 0 Å². The monoisotopic (exact) mass is 183 g/mol. The molecule has 0 unspecified atom stereocenters. The Morgan fingerprint density at radius 3 is 2.38 bits per heavy atom. The lowest BCUT2D eigenvalue weighted by molar-refractivity contribution is -0.151. The summed E-state index contributed by atoms with van der Waals surface area (Å²) in [7, 11) is 0. The van der Waals surface area contributed by atoms with Crippen LogP contribution in [0.1, 0.15) is 19.8 Å². The van der Waals surface area contributed by atoms with Crippen molar-refractivity contribution in [2.45, 2.75) is 19.8 Å². The highest BCUT2D eigenvalue weighted by Crippen LogP contribution is 2.20. The Kier molecular flexibility index (Phi) is 2.54. The third-order valence-electron chi connectivity index (χ3n) is 3.08. The van der Waals surface area contributed by atoms with Crippen LogP contribution in [0.4, 0.5) is 0 Å². The smallest absolute Gasteiger partial charge is 0.230 e. The van der Waals surface area contributed by atoms with Gasteiger partial charge in [-0.25, -0.2) is 0 Å². The topological polar surface area (TPSA) is 29.5 Å². The van der Waals surface area contributed by atoms with E-state index in [1.165, 1.54) is 12.8 Å². The quantitative estimate of drug-likeness (QED) is 0.604. The Balaban J connectivity index is 1.83. The van der Waals surface area contributed by atoms with E-state index in [0.717, 1.165) is 19.0 Å². The minimum Gasteiger partial charge on any atom is -0.380 e. The number of amides is 1. The van der Waals surface area contributed by atoms with Crippen LogP contribution in [-0.2, 0) is 9.53 Å². The van der Waals surface area contributed by atoms with Gasteiger partial charge in [0, 0.05) is 13.1 Å². The largest absolute Gasteiger partial charge is 0.380 e. The molecule has 2 rings (SSSR count). The molecule has 3 nitrogen and oxygen atoms in total. The van der Waals surface area contributed by atoms with Crippen LogP contribution in [0.2, 0.25) is 0 Å². The molecule has 1 amide bonds. The number of rotatable bonds is 1. The standard InChI is InChI=1S/C10H17NO2/c1-8-2-4-11(5-3-8)10(12)9-6-13-7-9/h8-9H,2-7H2,1H3. The minimum absolute atomic E-state index is 0.174. The Labute approximate surface area is 79.0 Å². The number of nitrogens with zero attached hydrogens (tertiary/aromatic N) is 1. The van der Waals surface area contributed by atoms with Gasteiger partial charge < -0.3 is 9.64 Å². The molecule has 2 heterocycles. The van der Waals surface area contributed by atoms with Crippen LogP contribution in [0.25, 0.3) is 0 Å². The van der Waals surface area contributed by atoms with E-state index in [-0.39, 0.29) is 5.92 Å². The summed E-state index contributed by atoms with van der Waals surface area (Å²) < 4.78 is 5.02. The molecular weight excluding hydrogens is 166 g/mol. The van der Waals surface area contributed by atoms with E-state index in [9.17, 15) is 4.79 Å². The van der Waals surface area contributed by atoms with Gasteiger partial charge in [0.1, 0.15) is 0 Å². The highest BCUT2D eigenvalue weighted by atomic mass is 16.5. The fourth-order valence-corrected chi connectivity index (χ4v) is 1.87. The maximum atomic E-state index is 11.7. The summed E-state index contributed by atoms with van der Waals surface area (Å²) in [5, 5.41) is 0. The summed E-state index contributed by atoms with van der Waals surface area (Å²) in [6, 6.07) is 0. The third-order valence-corrected chi connectivity index (χ3v) is 3.08. The summed E-state index contributed by atoms with van der Waals surface area (Å²) in [6.45, 7) is 5.46. The lowest BCUT2D eigenvalue weighted by Gasteiger charge is -2.35. The van der Waals surface area contributed by atoms with Gasteiger partial charge in [-0.3, -0.25) is 4.79 Å². The summed E-state index contributed by atoms with van der Waals surface area (Å²) >= 11 is 0. The minimum atomic E-state index is 0.174. The number of carbonyl (C=O) groups excluding carboxylic acids is 1. The molecule has 0 saturated carbocycles. The van der Waals surface area contributed by atoms with Gasteiger partial charge in [0.05, 0.1) is 19.1 Å². The van der Waals surface area contributed by atoms with E-state index in [4.69, 9.17) is 4.74 Å². The normalized spacial score (nSPS) is 25.8. The average molecular weight is 183 g/mol. The van der Waals surface area contributed by atoms with Crippen LogP contribution in [-0.4, -0.2) is 37.1 Å². The van der Waals surface area contributed by atoms with E-state index >= 15 is 0 Å². The predicted molar refractivity (Wildman–Crippen MR) is 49.3 cm³/mol. The van der Waals surface area contributed by atoms with Crippen LogP contribution in [0.5, 0.6) is 0 Å². The molecule has 2 fully saturated rings. The van der Waals surface area contributed by atoms with Gasteiger partial charge in [0.2, 0.25) is 5.91 Å². The highest BCUT2D eigenvalue weighted by molar-refractivity contribution is 5.79. The maximum Gasteiger partial charge on any atom is 0.230 e. The first-order valence-electron chi connectivity index (χ1n) is 5.14. The van der Waals surface area contributed by atoms with Crippen molar-refractivity contribution < 1.29 is 9.53 Å². The average Bonchev–Trinajstić information content (AvgIpc) is 2.02. The number of ether oxygens (including phenoxy) is 1. The molecule has 0 N–H and O–H groups in total. The summed E-state index contributed by atoms with van der Waals surface area (Å²) in [4.78, 5) is 13.7. The second-order valence-corrected chi connectivity index (χ2v) is 4.24. The van der Waals surface area contributed by atoms with Gasteiger partial charge >= 0.3 is 0 Å². The van der Waals surface area contributed by atoms with Crippen molar-refractivity contribution in [3.05, 3.63) is 0 Å².